The molecule has 7 heteroatoms. The number of rotatable bonds is 3. The number of amides is 1. The second-order valence-corrected chi connectivity index (χ2v) is 7.06. The van der Waals surface area contributed by atoms with Crippen LogP contribution in [-0.2, 0) is 14.8 Å². The minimum absolute atomic E-state index is 0.00414. The smallest absolute Gasteiger partial charge is 0.421 e. The van der Waals surface area contributed by atoms with Gasteiger partial charge in [0.05, 0.1) is 16.9 Å². The summed E-state index contributed by atoms with van der Waals surface area (Å²) in [5.41, 5.74) is 0.917. The molecule has 0 aliphatic heterocycles. The molecule has 2 unspecified atom stereocenters. The summed E-state index contributed by atoms with van der Waals surface area (Å²) in [4.78, 5) is 11.8. The maximum absolute atomic E-state index is 12.1. The Kier molecular flexibility index (Phi) is 5.03. The minimum atomic E-state index is -3.96. The van der Waals surface area contributed by atoms with Gasteiger partial charge in [0.2, 0.25) is 0 Å². The van der Waals surface area contributed by atoms with E-state index >= 15 is 0 Å². The average Bonchev–Trinajstić information content (AvgIpc) is 2.47. The second kappa shape index (κ2) is 6.79. The highest BCUT2D eigenvalue weighted by Crippen LogP contribution is 2.26. The molecule has 0 spiro atoms. The molecule has 1 aliphatic rings. The minimum Gasteiger partial charge on any atom is -0.444 e. The number of nitrogens with zero attached hydrogens (tertiary/aromatic N) is 1. The van der Waals surface area contributed by atoms with Crippen LogP contribution >= 0.6 is 0 Å². The van der Waals surface area contributed by atoms with Crippen molar-refractivity contribution in [2.75, 3.05) is 0 Å². The Bertz CT molecular complexity index is 676. The zero-order valence-corrected chi connectivity index (χ0v) is 13.1. The summed E-state index contributed by atoms with van der Waals surface area (Å²) < 4.78 is 31.1. The van der Waals surface area contributed by atoms with Crippen molar-refractivity contribution in [2.45, 2.75) is 43.6 Å². The number of carbonyl (C=O) groups is 1. The molecular formula is C15H18N2O4S. The van der Waals surface area contributed by atoms with Crippen LogP contribution < -0.4 is 4.72 Å². The maximum Gasteiger partial charge on any atom is 0.421 e. The molecule has 1 aliphatic carbocycles. The van der Waals surface area contributed by atoms with Crippen LogP contribution in [0, 0.1) is 24.2 Å². The molecule has 6 nitrogen and oxygen atoms in total. The highest BCUT2D eigenvalue weighted by Gasteiger charge is 2.29. The lowest BCUT2D eigenvalue weighted by atomic mass is 9.87. The van der Waals surface area contributed by atoms with Crippen molar-refractivity contribution in [2.24, 2.45) is 5.92 Å². The number of carbonyl (C=O) groups excluding carboxylic acids is 1. The SMILES string of the molecule is Cc1ccc(S(=O)(=O)NC(=O)OC2CCCCC2C#N)cc1. The van der Waals surface area contributed by atoms with E-state index in [9.17, 15) is 13.2 Å². The van der Waals surface area contributed by atoms with Crippen molar-refractivity contribution in [3.63, 3.8) is 0 Å². The lowest BCUT2D eigenvalue weighted by Gasteiger charge is -2.26. The maximum atomic E-state index is 12.1. The molecule has 1 aromatic rings. The van der Waals surface area contributed by atoms with Crippen LogP contribution in [0.5, 0.6) is 0 Å². The third kappa shape index (κ3) is 3.98. The Labute approximate surface area is 130 Å². The fourth-order valence-corrected chi connectivity index (χ4v) is 3.31. The highest BCUT2D eigenvalue weighted by molar-refractivity contribution is 7.90. The van der Waals surface area contributed by atoms with Gasteiger partial charge in [-0.25, -0.2) is 17.9 Å². The van der Waals surface area contributed by atoms with E-state index in [2.05, 4.69) is 6.07 Å². The number of hydrogen-bond acceptors (Lipinski definition) is 5. The molecule has 1 saturated carbocycles. The number of benzene rings is 1. The summed E-state index contributed by atoms with van der Waals surface area (Å²) >= 11 is 0. The summed E-state index contributed by atoms with van der Waals surface area (Å²) in [5.74, 6) is -0.374. The number of hydrogen-bond donors (Lipinski definition) is 1. The monoisotopic (exact) mass is 322 g/mol. The van der Waals surface area contributed by atoms with Gasteiger partial charge in [0, 0.05) is 0 Å². The summed E-state index contributed by atoms with van der Waals surface area (Å²) in [6.07, 6.45) is 1.44. The van der Waals surface area contributed by atoms with Gasteiger partial charge in [0.1, 0.15) is 6.10 Å². The van der Waals surface area contributed by atoms with Crippen molar-refractivity contribution < 1.29 is 17.9 Å². The first kappa shape index (κ1) is 16.3. The van der Waals surface area contributed by atoms with Gasteiger partial charge in [0.25, 0.3) is 10.0 Å². The molecule has 0 bridgehead atoms. The number of ether oxygens (including phenoxy) is 1. The van der Waals surface area contributed by atoms with E-state index in [1.165, 1.54) is 12.1 Å². The molecule has 22 heavy (non-hydrogen) atoms. The fraction of sp³-hybridized carbons (Fsp3) is 0.467. The predicted molar refractivity (Wildman–Crippen MR) is 79.3 cm³/mol. The van der Waals surface area contributed by atoms with Gasteiger partial charge in [-0.15, -0.1) is 0 Å². The fourth-order valence-electron chi connectivity index (χ4n) is 2.43. The van der Waals surface area contributed by atoms with E-state index in [1.807, 2.05) is 11.6 Å². The van der Waals surface area contributed by atoms with E-state index < -0.39 is 22.2 Å². The number of nitriles is 1. The Hall–Kier alpha value is -2.07. The largest absolute Gasteiger partial charge is 0.444 e. The summed E-state index contributed by atoms with van der Waals surface area (Å²) in [5, 5.41) is 9.03. The lowest BCUT2D eigenvalue weighted by molar-refractivity contribution is 0.0584. The van der Waals surface area contributed by atoms with Crippen LogP contribution in [-0.4, -0.2) is 20.6 Å². The van der Waals surface area contributed by atoms with Crippen LogP contribution in [0.25, 0.3) is 0 Å². The van der Waals surface area contributed by atoms with Crippen LogP contribution in [0.3, 0.4) is 0 Å². The molecular weight excluding hydrogens is 304 g/mol. The van der Waals surface area contributed by atoms with Gasteiger partial charge in [-0.05, 0) is 38.3 Å². The van der Waals surface area contributed by atoms with Crippen molar-refractivity contribution in [3.05, 3.63) is 29.8 Å². The second-order valence-electron chi connectivity index (χ2n) is 5.38. The molecule has 0 aromatic heterocycles. The Morgan fingerprint density at radius 3 is 2.55 bits per heavy atom. The molecule has 1 fully saturated rings. The van der Waals surface area contributed by atoms with Gasteiger partial charge in [-0.2, -0.15) is 5.26 Å². The molecule has 0 saturated heterocycles. The molecule has 2 rings (SSSR count). The average molecular weight is 322 g/mol. The Morgan fingerprint density at radius 1 is 1.27 bits per heavy atom. The van der Waals surface area contributed by atoms with Crippen molar-refractivity contribution in [1.82, 2.24) is 4.72 Å². The van der Waals surface area contributed by atoms with E-state index in [4.69, 9.17) is 10.00 Å². The first-order valence-electron chi connectivity index (χ1n) is 7.12. The Morgan fingerprint density at radius 2 is 1.91 bits per heavy atom. The van der Waals surface area contributed by atoms with E-state index in [0.29, 0.717) is 12.8 Å². The zero-order chi connectivity index (χ0) is 16.2. The zero-order valence-electron chi connectivity index (χ0n) is 12.3. The third-order valence-electron chi connectivity index (χ3n) is 3.68. The summed E-state index contributed by atoms with van der Waals surface area (Å²) in [6, 6.07) is 8.24. The van der Waals surface area contributed by atoms with Gasteiger partial charge >= 0.3 is 6.09 Å². The molecule has 2 atom stereocenters. The van der Waals surface area contributed by atoms with Gasteiger partial charge in [0.15, 0.2) is 0 Å². The molecule has 1 N–H and O–H groups in total. The molecule has 0 radical (unpaired) electrons. The van der Waals surface area contributed by atoms with Crippen LogP contribution in [0.2, 0.25) is 0 Å². The molecule has 0 heterocycles. The van der Waals surface area contributed by atoms with Gasteiger partial charge in [-0.1, -0.05) is 24.1 Å². The topological polar surface area (TPSA) is 96.3 Å². The first-order valence-corrected chi connectivity index (χ1v) is 8.60. The van der Waals surface area contributed by atoms with Crippen molar-refractivity contribution >= 4 is 16.1 Å². The first-order chi connectivity index (χ1) is 10.4. The summed E-state index contributed by atoms with van der Waals surface area (Å²) in [6.45, 7) is 1.84. The van der Waals surface area contributed by atoms with Crippen LogP contribution in [0.15, 0.2) is 29.2 Å². The summed E-state index contributed by atoms with van der Waals surface area (Å²) in [7, 11) is -3.96. The van der Waals surface area contributed by atoms with Crippen LogP contribution in [0.4, 0.5) is 4.79 Å². The molecule has 118 valence electrons. The van der Waals surface area contributed by atoms with Crippen molar-refractivity contribution in [1.29, 1.82) is 5.26 Å². The van der Waals surface area contributed by atoms with E-state index in [-0.39, 0.29) is 10.8 Å². The van der Waals surface area contributed by atoms with Crippen molar-refractivity contribution in [3.8, 4) is 6.07 Å². The quantitative estimate of drug-likeness (QED) is 0.922. The predicted octanol–water partition coefficient (Wildman–Crippen LogP) is 2.49. The normalized spacial score (nSPS) is 21.6. The van der Waals surface area contributed by atoms with Crippen LogP contribution in [0.1, 0.15) is 31.2 Å². The number of sulfonamides is 1. The number of nitrogens with one attached hydrogen (secondary N) is 1. The standard InChI is InChI=1S/C15H18N2O4S/c1-11-6-8-13(9-7-11)22(19,20)17-15(18)21-14-5-3-2-4-12(14)10-16/h6-9,12,14H,2-5H2,1H3,(H,17,18). The highest BCUT2D eigenvalue weighted by atomic mass is 32.2. The Balaban J connectivity index is 2.02. The molecule has 1 aromatic carbocycles. The lowest BCUT2D eigenvalue weighted by Crippen LogP contribution is -2.37. The van der Waals surface area contributed by atoms with E-state index in [0.717, 1.165) is 18.4 Å². The third-order valence-corrected chi connectivity index (χ3v) is 5.00. The van der Waals surface area contributed by atoms with Gasteiger partial charge < -0.3 is 4.74 Å². The molecule has 1 amide bonds. The number of aryl methyl sites for hydroxylation is 1. The van der Waals surface area contributed by atoms with Gasteiger partial charge in [-0.3, -0.25) is 0 Å². The van der Waals surface area contributed by atoms with E-state index in [1.54, 1.807) is 12.1 Å².